The number of nitrogens with two attached hydrogens (primary N) is 1. The van der Waals surface area contributed by atoms with Crippen LogP contribution in [0.25, 0.3) is 0 Å². The van der Waals surface area contributed by atoms with Gasteiger partial charge in [-0.25, -0.2) is 0 Å². The third kappa shape index (κ3) is 1.90. The fourth-order valence-electron chi connectivity index (χ4n) is 2.87. The molecule has 0 spiro atoms. The highest BCUT2D eigenvalue weighted by Crippen LogP contribution is 2.45. The van der Waals surface area contributed by atoms with Crippen LogP contribution in [0.3, 0.4) is 0 Å². The van der Waals surface area contributed by atoms with Crippen LogP contribution < -0.4 is 10.5 Å². The molecule has 0 aromatic heterocycles. The van der Waals surface area contributed by atoms with Gasteiger partial charge >= 0.3 is 0 Å². The molecular weight excluding hydrogens is 230 g/mol. The molecular formula is C14H21NO3. The molecule has 1 heterocycles. The van der Waals surface area contributed by atoms with Crippen LogP contribution in [0.4, 0.5) is 0 Å². The van der Waals surface area contributed by atoms with Crippen molar-refractivity contribution < 1.29 is 14.6 Å². The summed E-state index contributed by atoms with van der Waals surface area (Å²) in [5.74, 6) is 0.811. The Hall–Kier alpha value is -1.10. The Bertz CT molecular complexity index is 419. The minimum Gasteiger partial charge on any atom is -0.493 e. The number of fused-ring (bicyclic) bond motifs is 1. The number of hydrogen-bond acceptors (Lipinski definition) is 4. The van der Waals surface area contributed by atoms with Crippen LogP contribution in [-0.4, -0.2) is 37.6 Å². The third-order valence-electron chi connectivity index (χ3n) is 3.99. The fourth-order valence-corrected chi connectivity index (χ4v) is 2.87. The summed E-state index contributed by atoms with van der Waals surface area (Å²) < 4.78 is 10.8. The summed E-state index contributed by atoms with van der Waals surface area (Å²) in [5.41, 5.74) is 5.44. The molecule has 0 saturated carbocycles. The summed E-state index contributed by atoms with van der Waals surface area (Å²) >= 11 is 0. The van der Waals surface area contributed by atoms with Gasteiger partial charge in [0, 0.05) is 24.6 Å². The van der Waals surface area contributed by atoms with E-state index in [1.807, 2.05) is 24.3 Å². The van der Waals surface area contributed by atoms with E-state index in [1.165, 1.54) is 0 Å². The normalized spacial score (nSPS) is 26.0. The quantitative estimate of drug-likeness (QED) is 0.840. The predicted octanol–water partition coefficient (Wildman–Crippen LogP) is 1.06. The summed E-state index contributed by atoms with van der Waals surface area (Å²) in [4.78, 5) is 0. The molecule has 1 aromatic rings. The lowest BCUT2D eigenvalue weighted by atomic mass is 9.65. The van der Waals surface area contributed by atoms with E-state index < -0.39 is 11.0 Å². The van der Waals surface area contributed by atoms with E-state index in [9.17, 15) is 5.11 Å². The first-order valence-electron chi connectivity index (χ1n) is 6.21. The molecule has 4 nitrogen and oxygen atoms in total. The Morgan fingerprint density at radius 1 is 1.50 bits per heavy atom. The number of ether oxygens (including phenoxy) is 2. The fraction of sp³-hybridized carbons (Fsp3) is 0.571. The lowest BCUT2D eigenvalue weighted by molar-refractivity contribution is -0.0850. The van der Waals surface area contributed by atoms with Crippen molar-refractivity contribution in [2.75, 3.05) is 26.9 Å². The van der Waals surface area contributed by atoms with Gasteiger partial charge in [0.25, 0.3) is 0 Å². The third-order valence-corrected chi connectivity index (χ3v) is 3.99. The molecule has 1 aliphatic heterocycles. The highest BCUT2D eigenvalue weighted by molar-refractivity contribution is 5.44. The van der Waals surface area contributed by atoms with E-state index >= 15 is 0 Å². The van der Waals surface area contributed by atoms with Crippen LogP contribution in [0.15, 0.2) is 24.3 Å². The maximum Gasteiger partial charge on any atom is 0.123 e. The molecule has 2 atom stereocenters. The van der Waals surface area contributed by atoms with E-state index in [-0.39, 0.29) is 6.61 Å². The van der Waals surface area contributed by atoms with E-state index in [1.54, 1.807) is 14.0 Å². The molecule has 0 amide bonds. The first-order valence-corrected chi connectivity index (χ1v) is 6.21. The zero-order valence-electron chi connectivity index (χ0n) is 11.0. The second-order valence-corrected chi connectivity index (χ2v) is 5.09. The standard InChI is InChI=1S/C14H21NO3/c1-13(16,10-17-2)14(9-15)7-8-18-12-6-4-3-5-11(12)14/h3-6,16H,7-10,15H2,1-2H3. The molecule has 0 saturated heterocycles. The van der Waals surface area contributed by atoms with Crippen molar-refractivity contribution >= 4 is 0 Å². The summed E-state index contributed by atoms with van der Waals surface area (Å²) in [7, 11) is 1.59. The first-order chi connectivity index (χ1) is 8.57. The minimum atomic E-state index is -1.02. The van der Waals surface area contributed by atoms with Gasteiger partial charge in [-0.2, -0.15) is 0 Å². The first kappa shape index (κ1) is 13.3. The summed E-state index contributed by atoms with van der Waals surface area (Å²) in [6.07, 6.45) is 0.691. The average molecular weight is 251 g/mol. The molecule has 0 aliphatic carbocycles. The van der Waals surface area contributed by atoms with Crippen molar-refractivity contribution in [2.24, 2.45) is 5.73 Å². The van der Waals surface area contributed by atoms with Crippen molar-refractivity contribution in [1.82, 2.24) is 0 Å². The molecule has 3 N–H and O–H groups in total. The highest BCUT2D eigenvalue weighted by atomic mass is 16.5. The highest BCUT2D eigenvalue weighted by Gasteiger charge is 2.50. The van der Waals surface area contributed by atoms with Crippen molar-refractivity contribution in [3.8, 4) is 5.75 Å². The van der Waals surface area contributed by atoms with Crippen molar-refractivity contribution in [3.05, 3.63) is 29.8 Å². The average Bonchev–Trinajstić information content (AvgIpc) is 2.37. The largest absolute Gasteiger partial charge is 0.493 e. The minimum absolute atomic E-state index is 0.249. The van der Waals surface area contributed by atoms with Crippen LogP contribution in [-0.2, 0) is 10.2 Å². The molecule has 0 bridgehead atoms. The van der Waals surface area contributed by atoms with Gasteiger partial charge in [0.15, 0.2) is 0 Å². The van der Waals surface area contributed by atoms with Crippen LogP contribution in [0.1, 0.15) is 18.9 Å². The molecule has 100 valence electrons. The number of para-hydroxylation sites is 1. The van der Waals surface area contributed by atoms with Crippen LogP contribution in [0.5, 0.6) is 5.75 Å². The number of hydrogen-bond donors (Lipinski definition) is 2. The van der Waals surface area contributed by atoms with Gasteiger partial charge in [0.2, 0.25) is 0 Å². The second-order valence-electron chi connectivity index (χ2n) is 5.09. The van der Waals surface area contributed by atoms with Gasteiger partial charge < -0.3 is 20.3 Å². The van der Waals surface area contributed by atoms with Crippen molar-refractivity contribution in [3.63, 3.8) is 0 Å². The second kappa shape index (κ2) is 4.88. The van der Waals surface area contributed by atoms with Gasteiger partial charge in [-0.1, -0.05) is 18.2 Å². The molecule has 18 heavy (non-hydrogen) atoms. The molecule has 2 rings (SSSR count). The van der Waals surface area contributed by atoms with Gasteiger partial charge in [-0.15, -0.1) is 0 Å². The maximum atomic E-state index is 10.8. The Morgan fingerprint density at radius 2 is 2.22 bits per heavy atom. The summed E-state index contributed by atoms with van der Waals surface area (Å²) in [6.45, 7) is 2.96. The van der Waals surface area contributed by atoms with Crippen molar-refractivity contribution in [1.29, 1.82) is 0 Å². The number of aliphatic hydroxyl groups is 1. The van der Waals surface area contributed by atoms with Crippen LogP contribution in [0.2, 0.25) is 0 Å². The Balaban J connectivity index is 2.52. The van der Waals surface area contributed by atoms with E-state index in [4.69, 9.17) is 15.2 Å². The Labute approximate surface area is 108 Å². The molecule has 2 unspecified atom stereocenters. The van der Waals surface area contributed by atoms with Gasteiger partial charge in [0.1, 0.15) is 5.75 Å². The van der Waals surface area contributed by atoms with E-state index in [2.05, 4.69) is 0 Å². The maximum absolute atomic E-state index is 10.8. The molecule has 0 fully saturated rings. The van der Waals surface area contributed by atoms with Gasteiger partial charge in [-0.3, -0.25) is 0 Å². The van der Waals surface area contributed by atoms with E-state index in [0.29, 0.717) is 19.6 Å². The number of rotatable bonds is 4. The van der Waals surface area contributed by atoms with Crippen LogP contribution in [0, 0.1) is 0 Å². The molecule has 0 radical (unpaired) electrons. The summed E-state index contributed by atoms with van der Waals surface area (Å²) in [5, 5.41) is 10.8. The van der Waals surface area contributed by atoms with E-state index in [0.717, 1.165) is 11.3 Å². The number of methoxy groups -OCH3 is 1. The zero-order chi connectivity index (χ0) is 13.2. The van der Waals surface area contributed by atoms with Crippen molar-refractivity contribution in [2.45, 2.75) is 24.4 Å². The van der Waals surface area contributed by atoms with Gasteiger partial charge in [0.05, 0.1) is 18.8 Å². The lowest BCUT2D eigenvalue weighted by Crippen LogP contribution is -2.58. The lowest BCUT2D eigenvalue weighted by Gasteiger charge is -2.47. The monoisotopic (exact) mass is 251 g/mol. The zero-order valence-corrected chi connectivity index (χ0v) is 11.0. The molecule has 1 aromatic carbocycles. The van der Waals surface area contributed by atoms with Crippen LogP contribution >= 0.6 is 0 Å². The molecule has 1 aliphatic rings. The SMILES string of the molecule is COCC(C)(O)C1(CN)CCOc2ccccc21. The number of benzene rings is 1. The summed E-state index contributed by atoms with van der Waals surface area (Å²) in [6, 6.07) is 7.77. The topological polar surface area (TPSA) is 64.7 Å². The van der Waals surface area contributed by atoms with Gasteiger partial charge in [-0.05, 0) is 19.4 Å². The predicted molar refractivity (Wildman–Crippen MR) is 69.8 cm³/mol. The smallest absolute Gasteiger partial charge is 0.123 e. The Morgan fingerprint density at radius 3 is 2.89 bits per heavy atom. The molecule has 4 heteroatoms. The Kier molecular flexibility index (Phi) is 3.61.